The number of rotatable bonds is 21. The third-order valence-electron chi connectivity index (χ3n) is 9.24. The SMILES string of the molecule is CCCCCCCC(CCCCC)NCC(=O)N1CC2(CCN(CC(CC)CCCCCC)CC2)C1. The van der Waals surface area contributed by atoms with E-state index in [1.165, 1.54) is 135 Å². The molecular weight excluding hydrogens is 442 g/mol. The molecule has 212 valence electrons. The smallest absolute Gasteiger partial charge is 0.236 e. The summed E-state index contributed by atoms with van der Waals surface area (Å²) in [5.41, 5.74) is 0.425. The third kappa shape index (κ3) is 11.8. The summed E-state index contributed by atoms with van der Waals surface area (Å²) >= 11 is 0. The fraction of sp³-hybridized carbons (Fsp3) is 0.969. The molecule has 2 aliphatic rings. The highest BCUT2D eigenvalue weighted by Gasteiger charge is 2.46. The Bertz CT molecular complexity index is 550. The minimum Gasteiger partial charge on any atom is -0.340 e. The van der Waals surface area contributed by atoms with Crippen molar-refractivity contribution in [2.24, 2.45) is 11.3 Å². The first-order chi connectivity index (χ1) is 17.6. The number of carbonyl (C=O) groups excluding carboxylic acids is 1. The Labute approximate surface area is 225 Å². The standard InChI is InChI=1S/C32H63N3O/c1-5-9-12-14-17-20-30(19-15-11-7-3)33-25-31(36)35-27-32(28-35)21-23-34(24-22-32)26-29(8-4)18-16-13-10-6-2/h29-30,33H,5-28H2,1-4H3. The van der Waals surface area contributed by atoms with Gasteiger partial charge in [0.15, 0.2) is 0 Å². The van der Waals surface area contributed by atoms with Gasteiger partial charge < -0.3 is 15.1 Å². The Balaban J connectivity index is 1.65. The second-order valence-electron chi connectivity index (χ2n) is 12.5. The first-order valence-corrected chi connectivity index (χ1v) is 16.3. The van der Waals surface area contributed by atoms with E-state index in [1.54, 1.807) is 0 Å². The molecule has 36 heavy (non-hydrogen) atoms. The van der Waals surface area contributed by atoms with Crippen molar-refractivity contribution < 1.29 is 4.79 Å². The molecule has 2 heterocycles. The van der Waals surface area contributed by atoms with Crippen LogP contribution in [-0.2, 0) is 4.79 Å². The maximum Gasteiger partial charge on any atom is 0.236 e. The number of likely N-dealkylation sites (tertiary alicyclic amines) is 2. The maximum atomic E-state index is 12.9. The zero-order valence-electron chi connectivity index (χ0n) is 24.9. The van der Waals surface area contributed by atoms with E-state index >= 15 is 0 Å². The summed E-state index contributed by atoms with van der Waals surface area (Å²) in [7, 11) is 0. The fourth-order valence-electron chi connectivity index (χ4n) is 6.44. The molecule has 1 amide bonds. The van der Waals surface area contributed by atoms with Crippen molar-refractivity contribution in [3.63, 3.8) is 0 Å². The van der Waals surface area contributed by atoms with Crippen molar-refractivity contribution in [2.75, 3.05) is 39.3 Å². The minimum atomic E-state index is 0.340. The Morgan fingerprint density at radius 2 is 1.28 bits per heavy atom. The van der Waals surface area contributed by atoms with E-state index in [0.29, 0.717) is 23.9 Å². The van der Waals surface area contributed by atoms with Crippen molar-refractivity contribution in [3.8, 4) is 0 Å². The van der Waals surface area contributed by atoms with Gasteiger partial charge in [0.25, 0.3) is 0 Å². The van der Waals surface area contributed by atoms with E-state index in [2.05, 4.69) is 42.8 Å². The number of amides is 1. The van der Waals surface area contributed by atoms with Gasteiger partial charge in [0.1, 0.15) is 0 Å². The molecule has 2 rings (SSSR count). The molecule has 2 saturated heterocycles. The number of nitrogens with one attached hydrogen (secondary N) is 1. The van der Waals surface area contributed by atoms with Gasteiger partial charge in [0.2, 0.25) is 5.91 Å². The monoisotopic (exact) mass is 505 g/mol. The highest BCUT2D eigenvalue weighted by molar-refractivity contribution is 5.79. The Kier molecular flexibility index (Phi) is 16.3. The van der Waals surface area contributed by atoms with Gasteiger partial charge in [-0.25, -0.2) is 0 Å². The lowest BCUT2D eigenvalue weighted by atomic mass is 9.71. The van der Waals surface area contributed by atoms with Crippen molar-refractivity contribution in [3.05, 3.63) is 0 Å². The van der Waals surface area contributed by atoms with Gasteiger partial charge in [-0.1, -0.05) is 111 Å². The van der Waals surface area contributed by atoms with Crippen molar-refractivity contribution in [2.45, 2.75) is 149 Å². The number of unbranched alkanes of at least 4 members (excludes halogenated alkanes) is 9. The van der Waals surface area contributed by atoms with Gasteiger partial charge in [-0.3, -0.25) is 4.79 Å². The predicted molar refractivity (Wildman–Crippen MR) is 157 cm³/mol. The van der Waals surface area contributed by atoms with Gasteiger partial charge in [-0.15, -0.1) is 0 Å². The van der Waals surface area contributed by atoms with Crippen LogP contribution in [0, 0.1) is 11.3 Å². The number of nitrogens with zero attached hydrogens (tertiary/aromatic N) is 2. The zero-order chi connectivity index (χ0) is 26.1. The summed E-state index contributed by atoms with van der Waals surface area (Å²) in [4.78, 5) is 17.8. The van der Waals surface area contributed by atoms with Crippen molar-refractivity contribution >= 4 is 5.91 Å². The topological polar surface area (TPSA) is 35.6 Å². The summed E-state index contributed by atoms with van der Waals surface area (Å²) in [6.07, 6.45) is 23.9. The zero-order valence-corrected chi connectivity index (χ0v) is 24.9. The molecule has 2 atom stereocenters. The Morgan fingerprint density at radius 1 is 0.750 bits per heavy atom. The highest BCUT2D eigenvalue weighted by Crippen LogP contribution is 2.40. The van der Waals surface area contributed by atoms with Crippen LogP contribution in [0.1, 0.15) is 143 Å². The van der Waals surface area contributed by atoms with Crippen LogP contribution < -0.4 is 5.32 Å². The third-order valence-corrected chi connectivity index (χ3v) is 9.24. The van der Waals surface area contributed by atoms with Crippen molar-refractivity contribution in [1.82, 2.24) is 15.1 Å². The average molecular weight is 506 g/mol. The number of piperidine rings is 1. The van der Waals surface area contributed by atoms with Crippen LogP contribution in [0.4, 0.5) is 0 Å². The second-order valence-corrected chi connectivity index (χ2v) is 12.5. The van der Waals surface area contributed by atoms with E-state index in [0.717, 1.165) is 19.0 Å². The molecule has 2 fully saturated rings. The summed E-state index contributed by atoms with van der Waals surface area (Å²) in [6.45, 7) is 15.6. The van der Waals surface area contributed by atoms with Crippen LogP contribution in [0.2, 0.25) is 0 Å². The average Bonchev–Trinajstić information content (AvgIpc) is 2.87. The first kappa shape index (κ1) is 31.6. The molecule has 2 unspecified atom stereocenters. The van der Waals surface area contributed by atoms with Crippen LogP contribution in [0.25, 0.3) is 0 Å². The summed E-state index contributed by atoms with van der Waals surface area (Å²) < 4.78 is 0. The van der Waals surface area contributed by atoms with Crippen molar-refractivity contribution in [1.29, 1.82) is 0 Å². The quantitative estimate of drug-likeness (QED) is 0.162. The van der Waals surface area contributed by atoms with Gasteiger partial charge in [-0.05, 0) is 51.1 Å². The molecule has 4 heteroatoms. The lowest BCUT2D eigenvalue weighted by molar-refractivity contribution is -0.146. The molecule has 1 N–H and O–H groups in total. The van der Waals surface area contributed by atoms with Crippen LogP contribution in [0.15, 0.2) is 0 Å². The predicted octanol–water partition coefficient (Wildman–Crippen LogP) is 7.81. The number of hydrogen-bond acceptors (Lipinski definition) is 3. The van der Waals surface area contributed by atoms with Gasteiger partial charge in [0.05, 0.1) is 6.54 Å². The maximum absolute atomic E-state index is 12.9. The largest absolute Gasteiger partial charge is 0.340 e. The summed E-state index contributed by atoms with van der Waals surface area (Å²) in [5.74, 6) is 1.21. The minimum absolute atomic E-state index is 0.340. The molecule has 0 radical (unpaired) electrons. The lowest BCUT2D eigenvalue weighted by Gasteiger charge is -2.54. The van der Waals surface area contributed by atoms with Crippen LogP contribution in [0.5, 0.6) is 0 Å². The highest BCUT2D eigenvalue weighted by atomic mass is 16.2. The molecule has 0 aromatic heterocycles. The fourth-order valence-corrected chi connectivity index (χ4v) is 6.44. The normalized spacial score (nSPS) is 19.4. The second kappa shape index (κ2) is 18.6. The molecule has 4 nitrogen and oxygen atoms in total. The lowest BCUT2D eigenvalue weighted by Crippen LogP contribution is -2.63. The molecule has 1 spiro atoms. The van der Waals surface area contributed by atoms with E-state index in [9.17, 15) is 4.79 Å². The van der Waals surface area contributed by atoms with E-state index in [-0.39, 0.29) is 0 Å². The Morgan fingerprint density at radius 3 is 1.89 bits per heavy atom. The number of hydrogen-bond donors (Lipinski definition) is 1. The number of carbonyl (C=O) groups is 1. The van der Waals surface area contributed by atoms with Gasteiger partial charge in [0, 0.05) is 31.1 Å². The summed E-state index contributed by atoms with van der Waals surface area (Å²) in [5, 5.41) is 3.67. The Hall–Kier alpha value is -0.610. The molecule has 0 aliphatic carbocycles. The van der Waals surface area contributed by atoms with E-state index in [4.69, 9.17) is 0 Å². The van der Waals surface area contributed by atoms with Crippen LogP contribution >= 0.6 is 0 Å². The molecule has 0 aromatic rings. The summed E-state index contributed by atoms with van der Waals surface area (Å²) in [6, 6.07) is 0.522. The van der Waals surface area contributed by atoms with E-state index < -0.39 is 0 Å². The van der Waals surface area contributed by atoms with E-state index in [1.807, 2.05) is 0 Å². The molecule has 2 aliphatic heterocycles. The van der Waals surface area contributed by atoms with Gasteiger partial charge >= 0.3 is 0 Å². The molecule has 0 aromatic carbocycles. The first-order valence-electron chi connectivity index (χ1n) is 16.3. The van der Waals surface area contributed by atoms with Crippen LogP contribution in [0.3, 0.4) is 0 Å². The molecule has 0 bridgehead atoms. The van der Waals surface area contributed by atoms with Gasteiger partial charge in [-0.2, -0.15) is 0 Å². The molecular formula is C32H63N3O. The molecule has 0 saturated carbocycles. The van der Waals surface area contributed by atoms with Crippen LogP contribution in [-0.4, -0.2) is 61.0 Å².